The molecule has 0 radical (unpaired) electrons. The van der Waals surface area contributed by atoms with Crippen LogP contribution in [0.1, 0.15) is 22.6 Å². The second-order valence-electron chi connectivity index (χ2n) is 9.42. The molecule has 0 unspecified atom stereocenters. The van der Waals surface area contributed by atoms with Crippen molar-refractivity contribution >= 4 is 21.8 Å². The van der Waals surface area contributed by atoms with Gasteiger partial charge in [0.05, 0.1) is 10.8 Å². The lowest BCUT2D eigenvalue weighted by Crippen LogP contribution is -2.33. The number of primary sulfonamides is 1. The average Bonchev–Trinajstić information content (AvgIpc) is 3.27. The van der Waals surface area contributed by atoms with Crippen molar-refractivity contribution in [3.05, 3.63) is 89.5 Å². The Kier molecular flexibility index (Phi) is 7.26. The zero-order valence-electron chi connectivity index (χ0n) is 20.4. The predicted molar refractivity (Wildman–Crippen MR) is 141 cm³/mol. The van der Waals surface area contributed by atoms with Crippen LogP contribution in [0.25, 0.3) is 11.1 Å². The third-order valence-corrected chi connectivity index (χ3v) is 7.61. The Morgan fingerprint density at radius 3 is 2.36 bits per heavy atom. The minimum atomic E-state index is -3.84. The number of carbonyl (C=O) groups excluding carboxylic acids is 1. The molecule has 1 aliphatic rings. The van der Waals surface area contributed by atoms with Gasteiger partial charge in [-0.25, -0.2) is 13.6 Å². The normalized spacial score (nSPS) is 18.2. The highest BCUT2D eigenvalue weighted by atomic mass is 32.2. The van der Waals surface area contributed by atoms with Gasteiger partial charge in [-0.3, -0.25) is 15.1 Å². The van der Waals surface area contributed by atoms with Crippen LogP contribution in [0.2, 0.25) is 0 Å². The summed E-state index contributed by atoms with van der Waals surface area (Å²) in [6.07, 6.45) is 0. The van der Waals surface area contributed by atoms with Crippen molar-refractivity contribution in [2.75, 3.05) is 27.2 Å². The van der Waals surface area contributed by atoms with Crippen LogP contribution in [-0.2, 0) is 21.4 Å². The summed E-state index contributed by atoms with van der Waals surface area (Å²) in [6.45, 7) is 1.96. The lowest BCUT2D eigenvalue weighted by atomic mass is 9.87. The van der Waals surface area contributed by atoms with Crippen molar-refractivity contribution in [1.29, 1.82) is 5.41 Å². The van der Waals surface area contributed by atoms with E-state index in [4.69, 9.17) is 16.3 Å². The third kappa shape index (κ3) is 5.48. The van der Waals surface area contributed by atoms with E-state index in [0.717, 1.165) is 16.7 Å². The summed E-state index contributed by atoms with van der Waals surface area (Å²) in [4.78, 5) is 17.0. The molecule has 1 heterocycles. The van der Waals surface area contributed by atoms with Crippen molar-refractivity contribution in [3.63, 3.8) is 0 Å². The number of likely N-dealkylation sites (tertiary alicyclic amines) is 1. The number of amidine groups is 1. The second-order valence-corrected chi connectivity index (χ2v) is 10.9. The van der Waals surface area contributed by atoms with Gasteiger partial charge in [0.1, 0.15) is 5.84 Å². The van der Waals surface area contributed by atoms with E-state index in [0.29, 0.717) is 30.8 Å². The lowest BCUT2D eigenvalue weighted by molar-refractivity contribution is -0.132. The number of hydrogen-bond acceptors (Lipinski definition) is 5. The first kappa shape index (κ1) is 25.6. The zero-order chi connectivity index (χ0) is 26.0. The Labute approximate surface area is 212 Å². The summed E-state index contributed by atoms with van der Waals surface area (Å²) in [5, 5.41) is 13.2. The number of amides is 1. The van der Waals surface area contributed by atoms with Crippen LogP contribution in [-0.4, -0.2) is 57.1 Å². The zero-order valence-corrected chi connectivity index (χ0v) is 21.2. The third-order valence-electron chi connectivity index (χ3n) is 6.64. The first-order valence-corrected chi connectivity index (χ1v) is 13.2. The van der Waals surface area contributed by atoms with E-state index in [9.17, 15) is 13.2 Å². The van der Waals surface area contributed by atoms with Crippen LogP contribution in [0.4, 0.5) is 0 Å². The number of nitrogens with zero attached hydrogens (tertiary/aromatic N) is 2. The van der Waals surface area contributed by atoms with E-state index in [1.807, 2.05) is 42.5 Å². The van der Waals surface area contributed by atoms with Crippen LogP contribution in [0.5, 0.6) is 0 Å². The number of rotatable bonds is 7. The van der Waals surface area contributed by atoms with Crippen LogP contribution < -0.4 is 10.9 Å². The highest BCUT2D eigenvalue weighted by molar-refractivity contribution is 7.89. The monoisotopic (exact) mass is 505 g/mol. The maximum Gasteiger partial charge on any atom is 0.238 e. The van der Waals surface area contributed by atoms with Crippen molar-refractivity contribution < 1.29 is 13.2 Å². The van der Waals surface area contributed by atoms with Crippen molar-refractivity contribution in [2.24, 2.45) is 16.8 Å². The largest absolute Gasteiger partial charge is 0.384 e. The van der Waals surface area contributed by atoms with Gasteiger partial charge in [-0.1, -0.05) is 60.7 Å². The summed E-state index contributed by atoms with van der Waals surface area (Å²) < 4.78 is 24.0. The lowest BCUT2D eigenvalue weighted by Gasteiger charge is -2.22. The molecule has 36 heavy (non-hydrogen) atoms. The number of hydrogen-bond donors (Lipinski definition) is 3. The van der Waals surface area contributed by atoms with Gasteiger partial charge < -0.3 is 10.6 Å². The maximum absolute atomic E-state index is 13.0. The van der Waals surface area contributed by atoms with E-state index in [1.165, 1.54) is 6.07 Å². The molecule has 1 saturated heterocycles. The first-order chi connectivity index (χ1) is 17.0. The Hall–Kier alpha value is -3.53. The van der Waals surface area contributed by atoms with Crippen LogP contribution in [0.3, 0.4) is 0 Å². The van der Waals surface area contributed by atoms with Crippen LogP contribution in [0.15, 0.2) is 77.7 Å². The molecule has 2 atom stereocenters. The molecule has 5 N–H and O–H groups in total. The van der Waals surface area contributed by atoms with Gasteiger partial charge in [0.25, 0.3) is 0 Å². The SMILES string of the molecule is CN(C)C(=O)[C@H]1CN(Cc2ccc(-c3ccccc3S(N)(=O)=O)cc2)C[C@@H]1c1cccc(C(=N)N)c1. The number of benzene rings is 3. The molecule has 0 bridgehead atoms. The molecule has 188 valence electrons. The molecular weight excluding hydrogens is 474 g/mol. The van der Waals surface area contributed by atoms with Gasteiger partial charge in [0, 0.05) is 50.8 Å². The van der Waals surface area contributed by atoms with E-state index < -0.39 is 10.0 Å². The smallest absolute Gasteiger partial charge is 0.238 e. The Morgan fingerprint density at radius 1 is 1.03 bits per heavy atom. The van der Waals surface area contributed by atoms with E-state index >= 15 is 0 Å². The highest BCUT2D eigenvalue weighted by Gasteiger charge is 2.39. The summed E-state index contributed by atoms with van der Waals surface area (Å²) in [6, 6.07) is 22.0. The first-order valence-electron chi connectivity index (χ1n) is 11.6. The van der Waals surface area contributed by atoms with Gasteiger partial charge in [-0.2, -0.15) is 0 Å². The summed E-state index contributed by atoms with van der Waals surface area (Å²) >= 11 is 0. The number of carbonyl (C=O) groups is 1. The molecular formula is C27H31N5O3S. The van der Waals surface area contributed by atoms with Crippen LogP contribution >= 0.6 is 0 Å². The fourth-order valence-electron chi connectivity index (χ4n) is 4.87. The number of nitrogens with one attached hydrogen (secondary N) is 1. The summed E-state index contributed by atoms with van der Waals surface area (Å²) in [7, 11) is -0.298. The molecule has 1 amide bonds. The average molecular weight is 506 g/mol. The van der Waals surface area contributed by atoms with Gasteiger partial charge in [0.15, 0.2) is 0 Å². The topological polar surface area (TPSA) is 134 Å². The predicted octanol–water partition coefficient (Wildman–Crippen LogP) is 2.59. The van der Waals surface area contributed by atoms with Crippen molar-refractivity contribution in [1.82, 2.24) is 9.80 Å². The minimum absolute atomic E-state index is 0.00582. The van der Waals surface area contributed by atoms with Gasteiger partial charge in [-0.05, 0) is 28.8 Å². The Morgan fingerprint density at radius 2 is 1.72 bits per heavy atom. The standard InChI is InChI=1S/C27H31N5O3S/c1-31(2)27(33)24-17-32(16-23(24)20-6-5-7-21(14-20)26(28)29)15-18-10-12-19(13-11-18)22-8-3-4-9-25(22)36(30,34)35/h3-14,23-24H,15-17H2,1-2H3,(H3,28,29)(H2,30,34,35)/t23-,24+/m1/s1. The molecule has 4 rings (SSSR count). The Bertz CT molecular complexity index is 1390. The molecule has 0 saturated carbocycles. The van der Waals surface area contributed by atoms with E-state index in [2.05, 4.69) is 4.90 Å². The maximum atomic E-state index is 13.0. The quantitative estimate of drug-likeness (QED) is 0.335. The van der Waals surface area contributed by atoms with Crippen LogP contribution in [0, 0.1) is 11.3 Å². The van der Waals surface area contributed by atoms with Crippen molar-refractivity contribution in [2.45, 2.75) is 17.4 Å². The number of nitrogens with two attached hydrogens (primary N) is 2. The van der Waals surface area contributed by atoms with Gasteiger partial charge in [0.2, 0.25) is 15.9 Å². The van der Waals surface area contributed by atoms with E-state index in [1.54, 1.807) is 43.3 Å². The minimum Gasteiger partial charge on any atom is -0.384 e. The molecule has 1 aliphatic heterocycles. The molecule has 0 aliphatic carbocycles. The summed E-state index contributed by atoms with van der Waals surface area (Å²) in [5.41, 5.74) is 9.74. The fraction of sp³-hybridized carbons (Fsp3) is 0.259. The fourth-order valence-corrected chi connectivity index (χ4v) is 5.63. The molecule has 1 fully saturated rings. The molecule has 8 nitrogen and oxygen atoms in total. The molecule has 3 aromatic carbocycles. The Balaban J connectivity index is 1.56. The molecule has 0 aromatic heterocycles. The second kappa shape index (κ2) is 10.2. The van der Waals surface area contributed by atoms with Gasteiger partial charge in [-0.15, -0.1) is 0 Å². The highest BCUT2D eigenvalue weighted by Crippen LogP contribution is 2.35. The number of sulfonamides is 1. The molecule has 9 heteroatoms. The van der Waals surface area contributed by atoms with Gasteiger partial charge >= 0.3 is 0 Å². The van der Waals surface area contributed by atoms with Crippen molar-refractivity contribution in [3.8, 4) is 11.1 Å². The molecule has 3 aromatic rings. The molecule has 0 spiro atoms. The van der Waals surface area contributed by atoms with E-state index in [-0.39, 0.29) is 28.5 Å². The number of nitrogen functional groups attached to an aromatic ring is 1. The summed E-state index contributed by atoms with van der Waals surface area (Å²) in [5.74, 6) is -0.139.